The number of rotatable bonds is 10. The Bertz CT molecular complexity index is 898. The van der Waals surface area contributed by atoms with Gasteiger partial charge in [0.1, 0.15) is 17.3 Å². The lowest BCUT2D eigenvalue weighted by atomic mass is 10.1. The van der Waals surface area contributed by atoms with Gasteiger partial charge in [0.25, 0.3) is 0 Å². The van der Waals surface area contributed by atoms with Crippen LogP contribution in [0.2, 0.25) is 0 Å². The van der Waals surface area contributed by atoms with E-state index in [2.05, 4.69) is 4.98 Å². The van der Waals surface area contributed by atoms with Crippen molar-refractivity contribution in [3.8, 4) is 0 Å². The number of aryl methyl sites for hydroxylation is 3. The summed E-state index contributed by atoms with van der Waals surface area (Å²) in [6, 6.07) is 6.81. The molecule has 0 unspecified atom stereocenters. The minimum absolute atomic E-state index is 0. The minimum atomic E-state index is -3.59. The quantitative estimate of drug-likeness (QED) is 0.406. The normalized spacial score (nSPS) is 11.5. The van der Waals surface area contributed by atoms with Crippen molar-refractivity contribution in [3.63, 3.8) is 0 Å². The molecule has 2 aromatic rings. The summed E-state index contributed by atoms with van der Waals surface area (Å²) in [5.41, 5.74) is 0.990. The smallest absolute Gasteiger partial charge is 0.221 e. The van der Waals surface area contributed by atoms with Crippen LogP contribution in [0.25, 0.3) is 0 Å². The van der Waals surface area contributed by atoms with E-state index in [0.29, 0.717) is 6.42 Å². The number of ketones is 1. The number of carbonyl (C=O) groups excluding carboxylic acids is 1. The molecule has 1 heterocycles. The van der Waals surface area contributed by atoms with Crippen LogP contribution in [0.3, 0.4) is 0 Å². The molecular formula is C19H26ClFN2O3S2. The number of sulfonamides is 1. The summed E-state index contributed by atoms with van der Waals surface area (Å²) in [6.07, 6.45) is 4.15. The molecule has 0 spiro atoms. The lowest BCUT2D eigenvalue weighted by Gasteiger charge is -2.09. The van der Waals surface area contributed by atoms with Gasteiger partial charge >= 0.3 is 0 Å². The van der Waals surface area contributed by atoms with E-state index >= 15 is 0 Å². The Labute approximate surface area is 176 Å². The molecule has 0 saturated heterocycles. The van der Waals surface area contributed by atoms with Gasteiger partial charge in [-0.05, 0) is 44.2 Å². The number of benzene rings is 1. The third-order valence-electron chi connectivity index (χ3n) is 4.27. The molecule has 0 aliphatic rings. The first-order valence-corrected chi connectivity index (χ1v) is 11.3. The lowest BCUT2D eigenvalue weighted by molar-refractivity contribution is 0.101. The molecule has 0 saturated carbocycles. The number of halogens is 2. The number of unbranched alkanes of at least 4 members (excludes halogenated alkanes) is 2. The number of carbonyl (C=O) groups is 1. The molecule has 156 valence electrons. The predicted octanol–water partition coefficient (Wildman–Crippen LogP) is 4.04. The molecule has 0 radical (unpaired) electrons. The van der Waals surface area contributed by atoms with Crippen LogP contribution in [-0.4, -0.2) is 43.3 Å². The molecule has 9 heteroatoms. The molecular weight excluding hydrogens is 423 g/mol. The number of aromatic nitrogens is 1. The van der Waals surface area contributed by atoms with Gasteiger partial charge in [0.2, 0.25) is 10.0 Å². The molecule has 1 aromatic carbocycles. The van der Waals surface area contributed by atoms with Crippen molar-refractivity contribution < 1.29 is 17.6 Å². The van der Waals surface area contributed by atoms with Crippen molar-refractivity contribution in [1.29, 1.82) is 0 Å². The van der Waals surface area contributed by atoms with Crippen molar-refractivity contribution in [2.24, 2.45) is 0 Å². The van der Waals surface area contributed by atoms with E-state index in [0.717, 1.165) is 45.4 Å². The molecule has 0 N–H and O–H groups in total. The average Bonchev–Trinajstić information content (AvgIpc) is 2.96. The van der Waals surface area contributed by atoms with E-state index in [-0.39, 0.29) is 23.9 Å². The average molecular weight is 449 g/mol. The second-order valence-electron chi connectivity index (χ2n) is 6.63. The topological polar surface area (TPSA) is 67.3 Å². The highest BCUT2D eigenvalue weighted by Crippen LogP contribution is 2.21. The number of Topliss-reactive ketones (excluding diaryl/α,β-unsaturated/α-hetero) is 1. The van der Waals surface area contributed by atoms with Gasteiger partial charge in [-0.25, -0.2) is 22.1 Å². The molecule has 0 amide bonds. The molecule has 0 fully saturated rings. The number of nitrogens with zero attached hydrogens (tertiary/aromatic N) is 2. The van der Waals surface area contributed by atoms with Crippen molar-refractivity contribution in [2.45, 2.75) is 39.0 Å². The van der Waals surface area contributed by atoms with E-state index in [9.17, 15) is 17.6 Å². The Hall–Kier alpha value is -1.35. The fourth-order valence-corrected chi connectivity index (χ4v) is 4.37. The van der Waals surface area contributed by atoms with Gasteiger partial charge < -0.3 is 0 Å². The summed E-state index contributed by atoms with van der Waals surface area (Å²) in [6.45, 7) is 1.79. The third-order valence-corrected chi connectivity index (χ3v) is 7.04. The van der Waals surface area contributed by atoms with Gasteiger partial charge in [-0.1, -0.05) is 24.6 Å². The number of thiazole rings is 1. The van der Waals surface area contributed by atoms with Crippen LogP contribution in [0.1, 0.15) is 45.2 Å². The minimum Gasteiger partial charge on any atom is -0.291 e. The predicted molar refractivity (Wildman–Crippen MR) is 114 cm³/mol. The molecule has 0 bridgehead atoms. The zero-order valence-corrected chi connectivity index (χ0v) is 18.7. The van der Waals surface area contributed by atoms with E-state index in [4.69, 9.17) is 0 Å². The monoisotopic (exact) mass is 448 g/mol. The van der Waals surface area contributed by atoms with Crippen LogP contribution in [0.15, 0.2) is 24.3 Å². The molecule has 0 atom stereocenters. The van der Waals surface area contributed by atoms with Crippen LogP contribution >= 0.6 is 23.7 Å². The van der Waals surface area contributed by atoms with Crippen LogP contribution < -0.4 is 0 Å². The van der Waals surface area contributed by atoms with E-state index in [1.54, 1.807) is 19.1 Å². The Balaban J connectivity index is 0.00000392. The standard InChI is InChI=1S/C19H25FN2O3S2.ClH/c1-14-19(17(23)13-27(24,25)22(2)3)21-18(26-14)12-6-4-5-9-15-10-7-8-11-16(15)20;/h7-8,10-11H,4-6,9,12-13H2,1-3H3;1H. The zero-order valence-electron chi connectivity index (χ0n) is 16.3. The van der Waals surface area contributed by atoms with Gasteiger partial charge in [-0.15, -0.1) is 23.7 Å². The summed E-state index contributed by atoms with van der Waals surface area (Å²) >= 11 is 1.43. The van der Waals surface area contributed by atoms with E-state index in [1.165, 1.54) is 31.5 Å². The molecule has 0 aliphatic carbocycles. The lowest BCUT2D eigenvalue weighted by Crippen LogP contribution is -2.29. The number of hydrogen-bond acceptors (Lipinski definition) is 5. The molecule has 2 rings (SSSR count). The first-order valence-electron chi connectivity index (χ1n) is 8.84. The summed E-state index contributed by atoms with van der Waals surface area (Å²) in [5.74, 6) is -1.20. The Morgan fingerprint density at radius 1 is 1.14 bits per heavy atom. The highest BCUT2D eigenvalue weighted by molar-refractivity contribution is 7.89. The second-order valence-corrected chi connectivity index (χ2v) is 10.1. The first-order chi connectivity index (χ1) is 12.7. The molecule has 28 heavy (non-hydrogen) atoms. The van der Waals surface area contributed by atoms with Gasteiger partial charge in [0.15, 0.2) is 5.78 Å². The fourth-order valence-electron chi connectivity index (χ4n) is 2.65. The maximum Gasteiger partial charge on any atom is 0.221 e. The van der Waals surface area contributed by atoms with Gasteiger partial charge in [0, 0.05) is 19.0 Å². The summed E-state index contributed by atoms with van der Waals surface area (Å²) in [7, 11) is -0.777. The third kappa shape index (κ3) is 6.92. The Morgan fingerprint density at radius 2 is 1.79 bits per heavy atom. The largest absolute Gasteiger partial charge is 0.291 e. The fraction of sp³-hybridized carbons (Fsp3) is 0.474. The van der Waals surface area contributed by atoms with Crippen molar-refractivity contribution >= 4 is 39.6 Å². The highest BCUT2D eigenvalue weighted by Gasteiger charge is 2.23. The van der Waals surface area contributed by atoms with E-state index in [1.807, 2.05) is 6.07 Å². The zero-order chi connectivity index (χ0) is 20.0. The first kappa shape index (κ1) is 24.7. The van der Waals surface area contributed by atoms with Crippen molar-refractivity contribution in [3.05, 3.63) is 51.2 Å². The maximum absolute atomic E-state index is 13.6. The van der Waals surface area contributed by atoms with Gasteiger partial charge in [-0.3, -0.25) is 4.79 Å². The highest BCUT2D eigenvalue weighted by atomic mass is 35.5. The van der Waals surface area contributed by atoms with Gasteiger partial charge in [0.05, 0.1) is 5.01 Å². The van der Waals surface area contributed by atoms with Crippen LogP contribution in [0.5, 0.6) is 0 Å². The Morgan fingerprint density at radius 3 is 2.43 bits per heavy atom. The SMILES string of the molecule is Cc1sc(CCCCCc2ccccc2F)nc1C(=O)CS(=O)(=O)N(C)C.Cl. The summed E-state index contributed by atoms with van der Waals surface area (Å²) < 4.78 is 38.4. The van der Waals surface area contributed by atoms with Crippen molar-refractivity contribution in [2.75, 3.05) is 19.8 Å². The summed E-state index contributed by atoms with van der Waals surface area (Å²) in [4.78, 5) is 17.4. The Kier molecular flexibility index (Phi) is 9.69. The van der Waals surface area contributed by atoms with E-state index < -0.39 is 21.6 Å². The second kappa shape index (κ2) is 11.0. The molecule has 0 aliphatic heterocycles. The summed E-state index contributed by atoms with van der Waals surface area (Å²) in [5, 5.41) is 0.837. The molecule has 1 aromatic heterocycles. The number of hydrogen-bond donors (Lipinski definition) is 0. The maximum atomic E-state index is 13.6. The van der Waals surface area contributed by atoms with Crippen LogP contribution in [-0.2, 0) is 22.9 Å². The van der Waals surface area contributed by atoms with Crippen molar-refractivity contribution in [1.82, 2.24) is 9.29 Å². The van der Waals surface area contributed by atoms with Crippen LogP contribution in [0, 0.1) is 12.7 Å². The van der Waals surface area contributed by atoms with Gasteiger partial charge in [-0.2, -0.15) is 0 Å². The molecule has 5 nitrogen and oxygen atoms in total. The van der Waals surface area contributed by atoms with Crippen LogP contribution in [0.4, 0.5) is 4.39 Å².